The lowest BCUT2D eigenvalue weighted by Gasteiger charge is -2.17. The lowest BCUT2D eigenvalue weighted by Crippen LogP contribution is -2.17. The number of benzene rings is 3. The minimum Gasteiger partial charge on any atom is -0.497 e. The minimum atomic E-state index is 0.289. The molecule has 3 aromatic carbocycles. The first-order chi connectivity index (χ1) is 14.2. The number of fused-ring (bicyclic) bond motifs is 1. The predicted octanol–water partition coefficient (Wildman–Crippen LogP) is 5.74. The van der Waals surface area contributed by atoms with Crippen LogP contribution in [0.25, 0.3) is 22.3 Å². The Bertz CT molecular complexity index is 1080. The maximum atomic E-state index is 5.26. The van der Waals surface area contributed by atoms with Crippen molar-refractivity contribution in [3.8, 4) is 17.1 Å². The first-order valence-electron chi connectivity index (χ1n) is 9.94. The molecule has 0 aliphatic carbocycles. The highest BCUT2D eigenvalue weighted by Crippen LogP contribution is 2.27. The third-order valence-corrected chi connectivity index (χ3v) is 5.04. The maximum Gasteiger partial charge on any atom is 0.162 e. The number of nitrogens with one attached hydrogen (secondary N) is 1. The molecular weight excluding hydrogens is 358 g/mol. The van der Waals surface area contributed by atoms with Crippen LogP contribution in [0.5, 0.6) is 5.75 Å². The van der Waals surface area contributed by atoms with Crippen molar-refractivity contribution in [1.29, 1.82) is 0 Å². The van der Waals surface area contributed by atoms with Gasteiger partial charge in [0, 0.05) is 17.0 Å². The summed E-state index contributed by atoms with van der Waals surface area (Å²) in [6.07, 6.45) is 2.06. The van der Waals surface area contributed by atoms with Crippen LogP contribution in [0.4, 0.5) is 5.82 Å². The van der Waals surface area contributed by atoms with Gasteiger partial charge in [0.15, 0.2) is 5.82 Å². The second-order valence-electron chi connectivity index (χ2n) is 7.21. The first kappa shape index (κ1) is 18.9. The largest absolute Gasteiger partial charge is 0.497 e. The molecule has 0 aliphatic rings. The summed E-state index contributed by atoms with van der Waals surface area (Å²) in [5, 5.41) is 4.65. The third kappa shape index (κ3) is 4.54. The van der Waals surface area contributed by atoms with Crippen molar-refractivity contribution < 1.29 is 4.74 Å². The Morgan fingerprint density at radius 1 is 0.862 bits per heavy atom. The van der Waals surface area contributed by atoms with Crippen LogP contribution >= 0.6 is 0 Å². The van der Waals surface area contributed by atoms with E-state index in [2.05, 4.69) is 48.6 Å². The van der Waals surface area contributed by atoms with Crippen LogP contribution < -0.4 is 10.1 Å². The molecule has 146 valence electrons. The summed E-state index contributed by atoms with van der Waals surface area (Å²) in [5.74, 6) is 2.41. The van der Waals surface area contributed by atoms with Gasteiger partial charge in [0.1, 0.15) is 11.6 Å². The highest BCUT2D eigenvalue weighted by Gasteiger charge is 2.12. The van der Waals surface area contributed by atoms with Crippen LogP contribution in [-0.4, -0.2) is 23.1 Å². The van der Waals surface area contributed by atoms with E-state index < -0.39 is 0 Å². The van der Waals surface area contributed by atoms with Gasteiger partial charge in [-0.15, -0.1) is 0 Å². The van der Waals surface area contributed by atoms with E-state index in [9.17, 15) is 0 Å². The van der Waals surface area contributed by atoms with Crippen LogP contribution in [0.3, 0.4) is 0 Å². The summed E-state index contributed by atoms with van der Waals surface area (Å²) in [6, 6.07) is 26.9. The Hall–Kier alpha value is -3.40. The number of ether oxygens (including phenoxy) is 1. The van der Waals surface area contributed by atoms with Gasteiger partial charge in [-0.2, -0.15) is 0 Å². The average molecular weight is 383 g/mol. The number of aromatic nitrogens is 2. The molecule has 4 rings (SSSR count). The molecule has 1 aromatic heterocycles. The van der Waals surface area contributed by atoms with Crippen molar-refractivity contribution in [1.82, 2.24) is 9.97 Å². The van der Waals surface area contributed by atoms with Crippen molar-refractivity contribution in [2.75, 3.05) is 12.4 Å². The summed E-state index contributed by atoms with van der Waals surface area (Å²) in [6.45, 7) is 2.20. The molecule has 0 radical (unpaired) electrons. The number of aryl methyl sites for hydroxylation is 1. The van der Waals surface area contributed by atoms with Crippen LogP contribution in [0.15, 0.2) is 78.9 Å². The SMILES string of the molecule is COc1ccc(-c2nc(NC(C)CCc3ccccc3)c3ccccc3n2)cc1. The number of anilines is 1. The Labute approximate surface area is 171 Å². The number of rotatable bonds is 7. The van der Waals surface area contributed by atoms with Crippen LogP contribution in [0, 0.1) is 0 Å². The van der Waals surface area contributed by atoms with Gasteiger partial charge in [-0.25, -0.2) is 9.97 Å². The molecule has 4 aromatic rings. The highest BCUT2D eigenvalue weighted by molar-refractivity contribution is 5.90. The van der Waals surface area contributed by atoms with Crippen molar-refractivity contribution in [2.45, 2.75) is 25.8 Å². The maximum absolute atomic E-state index is 5.26. The monoisotopic (exact) mass is 383 g/mol. The average Bonchev–Trinajstić information content (AvgIpc) is 2.78. The van der Waals surface area contributed by atoms with Crippen LogP contribution in [0.2, 0.25) is 0 Å². The molecule has 0 spiro atoms. The zero-order valence-electron chi connectivity index (χ0n) is 16.8. The molecule has 1 N–H and O–H groups in total. The second-order valence-corrected chi connectivity index (χ2v) is 7.21. The molecule has 4 heteroatoms. The Morgan fingerprint density at radius 2 is 1.59 bits per heavy atom. The topological polar surface area (TPSA) is 47.0 Å². The summed E-state index contributed by atoms with van der Waals surface area (Å²) in [4.78, 5) is 9.63. The molecule has 1 heterocycles. The third-order valence-electron chi connectivity index (χ3n) is 5.04. The predicted molar refractivity (Wildman–Crippen MR) is 119 cm³/mol. The van der Waals surface area contributed by atoms with E-state index in [-0.39, 0.29) is 6.04 Å². The van der Waals surface area contributed by atoms with E-state index >= 15 is 0 Å². The minimum absolute atomic E-state index is 0.289. The Morgan fingerprint density at radius 3 is 2.34 bits per heavy atom. The molecule has 0 saturated carbocycles. The molecule has 1 unspecified atom stereocenters. The molecule has 4 nitrogen and oxygen atoms in total. The van der Waals surface area contributed by atoms with Crippen molar-refractivity contribution in [3.63, 3.8) is 0 Å². The quantitative estimate of drug-likeness (QED) is 0.442. The van der Waals surface area contributed by atoms with Gasteiger partial charge in [-0.05, 0) is 61.7 Å². The highest BCUT2D eigenvalue weighted by atomic mass is 16.5. The fourth-order valence-corrected chi connectivity index (χ4v) is 3.39. The smallest absolute Gasteiger partial charge is 0.162 e. The van der Waals surface area contributed by atoms with Gasteiger partial charge in [0.05, 0.1) is 12.6 Å². The zero-order chi connectivity index (χ0) is 20.1. The number of nitrogens with zero attached hydrogens (tertiary/aromatic N) is 2. The Kier molecular flexibility index (Phi) is 5.71. The van der Waals surface area contributed by atoms with Gasteiger partial charge in [0.25, 0.3) is 0 Å². The molecule has 0 aliphatic heterocycles. The fourth-order valence-electron chi connectivity index (χ4n) is 3.39. The van der Waals surface area contributed by atoms with E-state index in [1.54, 1.807) is 7.11 Å². The normalized spacial score (nSPS) is 11.9. The van der Waals surface area contributed by atoms with Gasteiger partial charge in [-0.3, -0.25) is 0 Å². The lowest BCUT2D eigenvalue weighted by atomic mass is 10.1. The number of para-hydroxylation sites is 1. The number of methoxy groups -OCH3 is 1. The van der Waals surface area contributed by atoms with E-state index in [1.807, 2.05) is 42.5 Å². The van der Waals surface area contributed by atoms with E-state index in [1.165, 1.54) is 5.56 Å². The molecule has 0 bridgehead atoms. The van der Waals surface area contributed by atoms with Crippen molar-refractivity contribution >= 4 is 16.7 Å². The lowest BCUT2D eigenvalue weighted by molar-refractivity contribution is 0.415. The van der Waals surface area contributed by atoms with Gasteiger partial charge >= 0.3 is 0 Å². The van der Waals surface area contributed by atoms with E-state index in [0.29, 0.717) is 5.82 Å². The molecular formula is C25H25N3O. The second kappa shape index (κ2) is 8.74. The molecule has 29 heavy (non-hydrogen) atoms. The van der Waals surface area contributed by atoms with Gasteiger partial charge in [-0.1, -0.05) is 42.5 Å². The van der Waals surface area contributed by atoms with E-state index in [0.717, 1.165) is 40.9 Å². The molecule has 0 amide bonds. The number of hydrogen-bond donors (Lipinski definition) is 1. The van der Waals surface area contributed by atoms with Gasteiger partial charge in [0.2, 0.25) is 0 Å². The van der Waals surface area contributed by atoms with Crippen molar-refractivity contribution in [3.05, 3.63) is 84.4 Å². The summed E-state index contributed by atoms with van der Waals surface area (Å²) in [5.41, 5.74) is 3.26. The molecule has 0 saturated heterocycles. The van der Waals surface area contributed by atoms with Crippen LogP contribution in [-0.2, 0) is 6.42 Å². The summed E-state index contributed by atoms with van der Waals surface area (Å²) in [7, 11) is 1.67. The number of hydrogen-bond acceptors (Lipinski definition) is 4. The molecule has 1 atom stereocenters. The Balaban J connectivity index is 1.60. The first-order valence-corrected chi connectivity index (χ1v) is 9.94. The van der Waals surface area contributed by atoms with Crippen molar-refractivity contribution in [2.24, 2.45) is 0 Å². The fraction of sp³-hybridized carbons (Fsp3) is 0.200. The summed E-state index contributed by atoms with van der Waals surface area (Å²) < 4.78 is 5.26. The zero-order valence-corrected chi connectivity index (χ0v) is 16.8. The van der Waals surface area contributed by atoms with Crippen LogP contribution in [0.1, 0.15) is 18.9 Å². The summed E-state index contributed by atoms with van der Waals surface area (Å²) >= 11 is 0. The van der Waals surface area contributed by atoms with E-state index in [4.69, 9.17) is 14.7 Å². The molecule has 0 fully saturated rings. The van der Waals surface area contributed by atoms with Gasteiger partial charge < -0.3 is 10.1 Å². The standard InChI is InChI=1S/C25H25N3O/c1-18(12-13-19-8-4-3-5-9-19)26-25-22-10-6-7-11-23(22)27-24(28-25)20-14-16-21(29-2)17-15-20/h3-11,14-18H,12-13H2,1-2H3,(H,26,27,28).